The van der Waals surface area contributed by atoms with Gasteiger partial charge in [0.15, 0.2) is 0 Å². The number of anilines is 3. The fourth-order valence-corrected chi connectivity index (χ4v) is 5.12. The molecule has 0 spiro atoms. The van der Waals surface area contributed by atoms with E-state index in [9.17, 15) is 14.4 Å². The van der Waals surface area contributed by atoms with E-state index in [1.807, 2.05) is 72.8 Å². The first kappa shape index (κ1) is 27.3. The van der Waals surface area contributed by atoms with E-state index in [2.05, 4.69) is 77.7 Å². The topological polar surface area (TPSA) is 54.5 Å². The average Bonchev–Trinajstić information content (AvgIpc) is 3.09. The van der Waals surface area contributed by atoms with Crippen LogP contribution in [-0.2, 0) is 0 Å². The van der Waals surface area contributed by atoms with Crippen LogP contribution in [-0.4, -0.2) is 18.9 Å². The fraction of sp³-hybridized carbons (Fsp3) is 0. The second kappa shape index (κ2) is 12.3. The lowest BCUT2D eigenvalue weighted by molar-refractivity contribution is 0.111. The monoisotopic (exact) mass is 557 g/mol. The molecule has 0 fully saturated rings. The van der Waals surface area contributed by atoms with E-state index in [0.29, 0.717) is 16.7 Å². The normalized spacial score (nSPS) is 10.6. The minimum absolute atomic E-state index is 0.651. The van der Waals surface area contributed by atoms with Gasteiger partial charge in [-0.3, -0.25) is 14.4 Å². The summed E-state index contributed by atoms with van der Waals surface area (Å²) in [5.74, 6) is 0. The first-order chi connectivity index (χ1) is 21.1. The van der Waals surface area contributed by atoms with E-state index in [4.69, 9.17) is 0 Å². The first-order valence-corrected chi connectivity index (χ1v) is 13.9. The number of hydrogen-bond donors (Lipinski definition) is 0. The highest BCUT2D eigenvalue weighted by Gasteiger charge is 2.14. The Hall–Kier alpha value is -5.87. The van der Waals surface area contributed by atoms with Gasteiger partial charge < -0.3 is 4.90 Å². The molecule has 0 aromatic heterocycles. The summed E-state index contributed by atoms with van der Waals surface area (Å²) in [6.07, 6.45) is 2.55. The molecule has 0 atom stereocenters. The zero-order chi connectivity index (χ0) is 29.6. The third-order valence-corrected chi connectivity index (χ3v) is 7.52. The Balaban J connectivity index is 1.35. The van der Waals surface area contributed by atoms with Crippen LogP contribution in [0.5, 0.6) is 0 Å². The van der Waals surface area contributed by atoms with Gasteiger partial charge in [0.2, 0.25) is 0 Å². The number of aldehydes is 3. The van der Waals surface area contributed by atoms with Gasteiger partial charge in [-0.05, 0) is 69.8 Å². The van der Waals surface area contributed by atoms with Crippen molar-refractivity contribution in [2.45, 2.75) is 0 Å². The van der Waals surface area contributed by atoms with Gasteiger partial charge in [0.1, 0.15) is 18.9 Å². The SMILES string of the molecule is O=Cc1ccc(-c2ccc(N(c3ccc(-c4ccc(C=O)cc4)cc3)c3ccc(-c4ccc(C=O)cc4)cc3)cc2)cc1. The van der Waals surface area contributed by atoms with E-state index in [1.54, 1.807) is 0 Å². The summed E-state index contributed by atoms with van der Waals surface area (Å²) < 4.78 is 0. The van der Waals surface area contributed by atoms with Crippen LogP contribution in [0.4, 0.5) is 17.1 Å². The van der Waals surface area contributed by atoms with Gasteiger partial charge >= 0.3 is 0 Å². The average molecular weight is 558 g/mol. The van der Waals surface area contributed by atoms with Gasteiger partial charge in [-0.25, -0.2) is 0 Å². The van der Waals surface area contributed by atoms with E-state index in [1.165, 1.54) is 0 Å². The van der Waals surface area contributed by atoms with Crippen molar-refractivity contribution >= 4 is 35.9 Å². The Labute approximate surface area is 250 Å². The Kier molecular flexibility index (Phi) is 7.83. The highest BCUT2D eigenvalue weighted by Crippen LogP contribution is 2.37. The molecule has 6 rings (SSSR count). The second-order valence-corrected chi connectivity index (χ2v) is 10.2. The van der Waals surface area contributed by atoms with Crippen LogP contribution in [0.1, 0.15) is 31.1 Å². The number of hydrogen-bond acceptors (Lipinski definition) is 4. The molecule has 0 amide bonds. The summed E-state index contributed by atoms with van der Waals surface area (Å²) in [6, 6.07) is 47.8. The largest absolute Gasteiger partial charge is 0.311 e. The molecule has 0 radical (unpaired) electrons. The van der Waals surface area contributed by atoms with Crippen molar-refractivity contribution in [1.82, 2.24) is 0 Å². The summed E-state index contributed by atoms with van der Waals surface area (Å²) >= 11 is 0. The Morgan fingerprint density at radius 1 is 0.279 bits per heavy atom. The quantitative estimate of drug-likeness (QED) is 0.166. The Bertz CT molecular complexity index is 1630. The third-order valence-electron chi connectivity index (χ3n) is 7.52. The molecule has 6 aromatic carbocycles. The van der Waals surface area contributed by atoms with Gasteiger partial charge in [0, 0.05) is 33.8 Å². The maximum atomic E-state index is 11.1. The molecular weight excluding hydrogens is 530 g/mol. The van der Waals surface area contributed by atoms with Crippen LogP contribution < -0.4 is 4.90 Å². The summed E-state index contributed by atoms with van der Waals surface area (Å²) in [5, 5.41) is 0. The summed E-state index contributed by atoms with van der Waals surface area (Å²) in [5.41, 5.74) is 11.3. The maximum absolute atomic E-state index is 11.1. The van der Waals surface area contributed by atoms with Crippen LogP contribution >= 0.6 is 0 Å². The minimum Gasteiger partial charge on any atom is -0.311 e. The number of nitrogens with zero attached hydrogens (tertiary/aromatic N) is 1. The molecule has 0 heterocycles. The maximum Gasteiger partial charge on any atom is 0.150 e. The highest BCUT2D eigenvalue weighted by atomic mass is 16.1. The highest BCUT2D eigenvalue weighted by molar-refractivity contribution is 5.83. The summed E-state index contributed by atoms with van der Waals surface area (Å²) in [4.78, 5) is 35.4. The number of rotatable bonds is 9. The van der Waals surface area contributed by atoms with Crippen molar-refractivity contribution in [1.29, 1.82) is 0 Å². The molecule has 4 nitrogen and oxygen atoms in total. The smallest absolute Gasteiger partial charge is 0.150 e. The predicted octanol–water partition coefficient (Wildman–Crippen LogP) is 9.59. The van der Waals surface area contributed by atoms with Crippen molar-refractivity contribution in [3.05, 3.63) is 162 Å². The molecule has 4 heteroatoms. The Morgan fingerprint density at radius 2 is 0.465 bits per heavy atom. The van der Waals surface area contributed by atoms with Crippen molar-refractivity contribution in [3.8, 4) is 33.4 Å². The Morgan fingerprint density at radius 3 is 0.651 bits per heavy atom. The van der Waals surface area contributed by atoms with Gasteiger partial charge in [-0.2, -0.15) is 0 Å². The molecule has 0 N–H and O–H groups in total. The molecule has 0 aliphatic heterocycles. The van der Waals surface area contributed by atoms with Crippen molar-refractivity contribution < 1.29 is 14.4 Å². The van der Waals surface area contributed by atoms with E-state index < -0.39 is 0 Å². The predicted molar refractivity (Wildman–Crippen MR) is 174 cm³/mol. The van der Waals surface area contributed by atoms with Gasteiger partial charge in [-0.1, -0.05) is 109 Å². The van der Waals surface area contributed by atoms with Gasteiger partial charge in [0.05, 0.1) is 0 Å². The van der Waals surface area contributed by atoms with Gasteiger partial charge in [0.25, 0.3) is 0 Å². The summed E-state index contributed by atoms with van der Waals surface area (Å²) in [7, 11) is 0. The fourth-order valence-electron chi connectivity index (χ4n) is 5.12. The van der Waals surface area contributed by atoms with E-state index >= 15 is 0 Å². The molecule has 0 bridgehead atoms. The zero-order valence-corrected chi connectivity index (χ0v) is 23.3. The lowest BCUT2D eigenvalue weighted by atomic mass is 10.0. The van der Waals surface area contributed by atoms with Crippen LogP contribution in [0, 0.1) is 0 Å². The van der Waals surface area contributed by atoms with Crippen LogP contribution in [0.15, 0.2) is 146 Å². The van der Waals surface area contributed by atoms with Crippen LogP contribution in [0.25, 0.3) is 33.4 Å². The molecular formula is C39H27NO3. The molecule has 0 saturated carbocycles. The first-order valence-electron chi connectivity index (χ1n) is 13.9. The van der Waals surface area contributed by atoms with Crippen molar-refractivity contribution in [2.75, 3.05) is 4.90 Å². The number of carbonyl (C=O) groups excluding carboxylic acids is 3. The molecule has 6 aromatic rings. The van der Waals surface area contributed by atoms with Crippen LogP contribution in [0.3, 0.4) is 0 Å². The molecule has 0 saturated heterocycles. The molecule has 0 aliphatic rings. The molecule has 0 aliphatic carbocycles. The lowest BCUT2D eigenvalue weighted by Crippen LogP contribution is -2.09. The molecule has 206 valence electrons. The second-order valence-electron chi connectivity index (χ2n) is 10.2. The van der Waals surface area contributed by atoms with E-state index in [-0.39, 0.29) is 0 Å². The van der Waals surface area contributed by atoms with Crippen LogP contribution in [0.2, 0.25) is 0 Å². The zero-order valence-electron chi connectivity index (χ0n) is 23.3. The van der Waals surface area contributed by atoms with Gasteiger partial charge in [-0.15, -0.1) is 0 Å². The summed E-state index contributed by atoms with van der Waals surface area (Å²) in [6.45, 7) is 0. The van der Waals surface area contributed by atoms with E-state index in [0.717, 1.165) is 69.3 Å². The van der Waals surface area contributed by atoms with Crippen molar-refractivity contribution in [2.24, 2.45) is 0 Å². The standard InChI is InChI=1S/C39H27NO3/c41-25-28-1-7-31(8-2-28)34-13-19-37(20-14-34)40(38-21-15-35(16-22-38)32-9-3-29(26-42)4-10-32)39-23-17-36(18-24-39)33-11-5-30(27-43)6-12-33/h1-27H. The number of carbonyl (C=O) groups is 3. The van der Waals surface area contributed by atoms with Crippen molar-refractivity contribution in [3.63, 3.8) is 0 Å². The molecule has 43 heavy (non-hydrogen) atoms. The minimum atomic E-state index is 0.651. The third kappa shape index (κ3) is 5.95. The molecule has 0 unspecified atom stereocenters. The lowest BCUT2D eigenvalue weighted by Gasteiger charge is -2.26. The number of benzene rings is 6.